The molecule has 0 bridgehead atoms. The fourth-order valence-electron chi connectivity index (χ4n) is 4.23. The number of likely N-dealkylation sites (tertiary alicyclic amines) is 1. The molecule has 0 radical (unpaired) electrons. The first kappa shape index (κ1) is 34.0. The average Bonchev–Trinajstić information content (AvgIpc) is 2.90. The number of rotatable bonds is 11. The normalized spacial score (nSPS) is 16.6. The van der Waals surface area contributed by atoms with Crippen molar-refractivity contribution in [1.29, 1.82) is 5.41 Å². The Bertz CT molecular complexity index is 1450. The lowest BCUT2D eigenvalue weighted by Gasteiger charge is -2.41. The Morgan fingerprint density at radius 2 is 1.86 bits per heavy atom. The maximum Gasteiger partial charge on any atom is 0.333 e. The number of amides is 1. The second-order valence-electron chi connectivity index (χ2n) is 9.21. The smallest absolute Gasteiger partial charge is 0.333 e. The van der Waals surface area contributed by atoms with Crippen LogP contribution in [0.5, 0.6) is 0 Å². The summed E-state index contributed by atoms with van der Waals surface area (Å²) in [4.78, 5) is 49.6. The van der Waals surface area contributed by atoms with Gasteiger partial charge in [-0.1, -0.05) is 30.3 Å². The number of ether oxygens (including phenoxy) is 2. The minimum Gasteiger partial charge on any atom is -0.481 e. The third-order valence-corrected chi connectivity index (χ3v) is 7.08. The minimum absolute atomic E-state index is 0.198. The third kappa shape index (κ3) is 10.0. The Kier molecular flexibility index (Phi) is 12.7. The zero-order valence-corrected chi connectivity index (χ0v) is 24.4. The van der Waals surface area contributed by atoms with Crippen LogP contribution >= 0.6 is 0 Å². The summed E-state index contributed by atoms with van der Waals surface area (Å²) in [6.45, 7) is 2.70. The summed E-state index contributed by atoms with van der Waals surface area (Å²) in [5, 5.41) is 18.0. The molecule has 1 aliphatic rings. The van der Waals surface area contributed by atoms with E-state index in [1.54, 1.807) is 37.3 Å². The van der Waals surface area contributed by atoms with Crippen LogP contribution in [0.2, 0.25) is 0 Å². The number of nitrogens with one attached hydrogen (secondary N) is 3. The topological polar surface area (TPSA) is 228 Å². The van der Waals surface area contributed by atoms with Crippen LogP contribution in [0.15, 0.2) is 46.1 Å². The molecule has 2 aromatic rings. The lowest BCUT2D eigenvalue weighted by atomic mass is 10.0. The molecular formula is C25H37N7O9S. The first-order chi connectivity index (χ1) is 19.8. The number of carbonyl (C=O) groups excluding carboxylic acids is 1. The van der Waals surface area contributed by atoms with Gasteiger partial charge in [0.25, 0.3) is 11.5 Å². The second kappa shape index (κ2) is 15.7. The van der Waals surface area contributed by atoms with Crippen molar-refractivity contribution in [3.05, 3.63) is 62.9 Å². The van der Waals surface area contributed by atoms with Crippen molar-refractivity contribution in [3.63, 3.8) is 0 Å². The van der Waals surface area contributed by atoms with Gasteiger partial charge in [0.1, 0.15) is 19.0 Å². The fraction of sp³-hybridized carbons (Fsp3) is 0.480. The highest BCUT2D eigenvalue weighted by Gasteiger charge is 2.34. The van der Waals surface area contributed by atoms with E-state index in [1.165, 1.54) is 12.0 Å². The highest BCUT2D eigenvalue weighted by atomic mass is 32.2. The number of hydrogen-bond donors (Lipinski definition) is 5. The van der Waals surface area contributed by atoms with Crippen molar-refractivity contribution in [1.82, 2.24) is 19.4 Å². The van der Waals surface area contributed by atoms with E-state index in [1.807, 2.05) is 0 Å². The van der Waals surface area contributed by atoms with E-state index >= 15 is 0 Å². The molecule has 0 aliphatic carbocycles. The van der Waals surface area contributed by atoms with Crippen LogP contribution < -0.4 is 27.0 Å². The van der Waals surface area contributed by atoms with Crippen LogP contribution in [0.1, 0.15) is 32.3 Å². The lowest BCUT2D eigenvalue weighted by molar-refractivity contribution is -0.134. The zero-order chi connectivity index (χ0) is 31.4. The number of piperidine rings is 1. The molecule has 0 spiro atoms. The molecule has 0 saturated carbocycles. The Hall–Kier alpha value is -4.22. The van der Waals surface area contributed by atoms with Crippen molar-refractivity contribution in [2.24, 2.45) is 5.73 Å². The summed E-state index contributed by atoms with van der Waals surface area (Å²) in [6, 6.07) is 7.82. The third-order valence-electron chi connectivity index (χ3n) is 5.83. The molecule has 2 heterocycles. The Labute approximate surface area is 242 Å². The Balaban J connectivity index is 0.00000144. The number of guanidine groups is 1. The highest BCUT2D eigenvalue weighted by molar-refractivity contribution is 7.91. The lowest BCUT2D eigenvalue weighted by Crippen LogP contribution is -2.60. The van der Waals surface area contributed by atoms with Gasteiger partial charge in [-0.2, -0.15) is 0 Å². The fourth-order valence-corrected chi connectivity index (χ4v) is 5.41. The van der Waals surface area contributed by atoms with Crippen molar-refractivity contribution in [2.45, 2.75) is 58.0 Å². The number of aromatic nitrogens is 2. The van der Waals surface area contributed by atoms with Gasteiger partial charge in [0.2, 0.25) is 15.9 Å². The number of carboxylic acid groups (broad SMARTS) is 1. The predicted molar refractivity (Wildman–Crippen MR) is 153 cm³/mol. The molecule has 3 rings (SSSR count). The molecule has 2 atom stereocenters. The van der Waals surface area contributed by atoms with Crippen LogP contribution in [0, 0.1) is 5.41 Å². The first-order valence-corrected chi connectivity index (χ1v) is 14.5. The summed E-state index contributed by atoms with van der Waals surface area (Å²) in [5.41, 5.74) is 3.92. The average molecular weight is 612 g/mol. The second-order valence-corrected chi connectivity index (χ2v) is 10.9. The van der Waals surface area contributed by atoms with Gasteiger partial charge in [-0.15, -0.1) is 0 Å². The number of nitrogens with zero attached hydrogens (tertiary/aromatic N) is 3. The van der Waals surface area contributed by atoms with Crippen molar-refractivity contribution >= 4 is 33.5 Å². The van der Waals surface area contributed by atoms with Crippen LogP contribution in [0.3, 0.4) is 0 Å². The first-order valence-electron chi connectivity index (χ1n) is 12.9. The maximum atomic E-state index is 13.1. The maximum absolute atomic E-state index is 13.1. The molecule has 16 nitrogen and oxygen atoms in total. The molecule has 17 heteroatoms. The van der Waals surface area contributed by atoms with E-state index in [9.17, 15) is 22.8 Å². The SMILES string of the molecule is CC(=O)O.CCOC1C(NC(=O)Cn2c(=O)c(NS(=O)(=O)Cc3ccccc3)cn(COC)c2=O)CCCN1C(=N)N. The van der Waals surface area contributed by atoms with E-state index in [2.05, 4.69) is 10.0 Å². The number of carbonyl (C=O) groups is 2. The van der Waals surface area contributed by atoms with Gasteiger partial charge >= 0.3 is 5.69 Å². The van der Waals surface area contributed by atoms with Gasteiger partial charge in [0.05, 0.1) is 11.8 Å². The molecule has 2 unspecified atom stereocenters. The van der Waals surface area contributed by atoms with Crippen LogP contribution in [0.4, 0.5) is 5.69 Å². The summed E-state index contributed by atoms with van der Waals surface area (Å²) in [6.07, 6.45) is 1.52. The van der Waals surface area contributed by atoms with Crippen LogP contribution in [-0.2, 0) is 48.1 Å². The predicted octanol–water partition coefficient (Wildman–Crippen LogP) is -0.517. The van der Waals surface area contributed by atoms with Crippen LogP contribution in [0.25, 0.3) is 0 Å². The number of nitrogens with two attached hydrogens (primary N) is 1. The van der Waals surface area contributed by atoms with Gasteiger partial charge in [0.15, 0.2) is 12.2 Å². The molecule has 1 saturated heterocycles. The largest absolute Gasteiger partial charge is 0.481 e. The number of carboxylic acids is 1. The summed E-state index contributed by atoms with van der Waals surface area (Å²) >= 11 is 0. The van der Waals surface area contributed by atoms with E-state index in [0.717, 1.165) is 17.7 Å². The molecule has 42 heavy (non-hydrogen) atoms. The quantitative estimate of drug-likeness (QED) is 0.160. The molecule has 1 aromatic carbocycles. The van der Waals surface area contributed by atoms with Crippen molar-refractivity contribution < 1.29 is 32.6 Å². The molecule has 6 N–H and O–H groups in total. The summed E-state index contributed by atoms with van der Waals surface area (Å²) in [5.74, 6) is -2.10. The molecule has 232 valence electrons. The number of methoxy groups -OCH3 is 1. The van der Waals surface area contributed by atoms with E-state index < -0.39 is 63.4 Å². The van der Waals surface area contributed by atoms with Gasteiger partial charge in [-0.05, 0) is 25.3 Å². The van der Waals surface area contributed by atoms with Crippen molar-refractivity contribution in [3.8, 4) is 0 Å². The van der Waals surface area contributed by atoms with Crippen LogP contribution in [-0.4, -0.2) is 77.9 Å². The van der Waals surface area contributed by atoms with Gasteiger partial charge in [0, 0.05) is 33.4 Å². The zero-order valence-electron chi connectivity index (χ0n) is 23.6. The minimum atomic E-state index is -4.02. The highest BCUT2D eigenvalue weighted by Crippen LogP contribution is 2.18. The monoisotopic (exact) mass is 611 g/mol. The summed E-state index contributed by atoms with van der Waals surface area (Å²) < 4.78 is 40.1. The molecular weight excluding hydrogens is 574 g/mol. The van der Waals surface area contributed by atoms with E-state index in [-0.39, 0.29) is 12.7 Å². The number of anilines is 1. The van der Waals surface area contributed by atoms with Gasteiger partial charge < -0.3 is 30.5 Å². The molecule has 1 amide bonds. The van der Waals surface area contributed by atoms with E-state index in [4.69, 9.17) is 30.5 Å². The van der Waals surface area contributed by atoms with E-state index in [0.29, 0.717) is 36.1 Å². The Morgan fingerprint density at radius 1 is 1.21 bits per heavy atom. The van der Waals surface area contributed by atoms with Gasteiger partial charge in [-0.25, -0.2) is 17.8 Å². The summed E-state index contributed by atoms with van der Waals surface area (Å²) in [7, 11) is -2.70. The molecule has 1 aromatic heterocycles. The van der Waals surface area contributed by atoms with Crippen molar-refractivity contribution in [2.75, 3.05) is 25.0 Å². The number of aliphatic carboxylic acids is 1. The number of benzene rings is 1. The standard InChI is InChI=1S/C23H33N7O7S.C2H4O2/c1-3-37-21-17(10-7-11-29(21)22(24)25)26-19(31)13-30-20(32)18(12-28(15-36-2)23(30)33)27-38(34,35)14-16-8-5-4-6-9-16;1-2(3)4/h4-6,8-9,12,17,21,27H,3,7,10-11,13-15H2,1-2H3,(H3,24,25)(H,26,31);1H3,(H,3,4). The Morgan fingerprint density at radius 3 is 2.43 bits per heavy atom. The van der Waals surface area contributed by atoms with Gasteiger partial charge in [-0.3, -0.25) is 29.1 Å². The number of hydrogen-bond acceptors (Lipinski definition) is 9. The number of sulfonamides is 1. The molecule has 1 aliphatic heterocycles. The molecule has 1 fully saturated rings.